The molecule has 3 heterocycles. The molecule has 5 nitrogen and oxygen atoms in total. The van der Waals surface area contributed by atoms with E-state index in [9.17, 15) is 0 Å². The van der Waals surface area contributed by atoms with Crippen molar-refractivity contribution in [2.75, 3.05) is 31.1 Å². The van der Waals surface area contributed by atoms with Crippen LogP contribution in [0, 0.1) is 0 Å². The predicted octanol–water partition coefficient (Wildman–Crippen LogP) is 4.63. The van der Waals surface area contributed by atoms with E-state index >= 15 is 0 Å². The Morgan fingerprint density at radius 2 is 1.66 bits per heavy atom. The van der Waals surface area contributed by atoms with E-state index < -0.39 is 0 Å². The molecule has 0 amide bonds. The minimum absolute atomic E-state index is 0.626. The zero-order valence-corrected chi connectivity index (χ0v) is 16.7. The Morgan fingerprint density at radius 1 is 0.897 bits per heavy atom. The molecule has 6 N–H and O–H groups in total. The molecule has 2 aromatic carbocycles. The number of H-pyrrole nitrogens is 2. The van der Waals surface area contributed by atoms with Gasteiger partial charge in [0.05, 0.1) is 5.69 Å². The fourth-order valence-corrected chi connectivity index (χ4v) is 4.82. The van der Waals surface area contributed by atoms with Crippen LogP contribution in [0.4, 0.5) is 11.4 Å². The Kier molecular flexibility index (Phi) is 4.68. The molecule has 5 heteroatoms. The van der Waals surface area contributed by atoms with Gasteiger partial charge in [0.15, 0.2) is 0 Å². The molecule has 1 saturated heterocycles. The lowest BCUT2D eigenvalue weighted by Crippen LogP contribution is -2.33. The number of rotatable bonds is 5. The van der Waals surface area contributed by atoms with Gasteiger partial charge in [-0.1, -0.05) is 6.07 Å². The highest BCUT2D eigenvalue weighted by Gasteiger charge is 2.22. The van der Waals surface area contributed by atoms with Crippen molar-refractivity contribution in [3.8, 4) is 0 Å². The maximum absolute atomic E-state index is 6.04. The fourth-order valence-electron chi connectivity index (χ4n) is 4.82. The van der Waals surface area contributed by atoms with Gasteiger partial charge < -0.3 is 26.3 Å². The maximum Gasteiger partial charge on any atom is 0.0571 e. The highest BCUT2D eigenvalue weighted by Crippen LogP contribution is 2.34. The summed E-state index contributed by atoms with van der Waals surface area (Å²) in [5.74, 6) is 0.626. The molecule has 0 spiro atoms. The first-order valence-electron chi connectivity index (χ1n) is 10.6. The number of aryl methyl sites for hydroxylation is 1. The monoisotopic (exact) mass is 387 g/mol. The number of likely N-dealkylation sites (tertiary alicyclic amines) is 1. The van der Waals surface area contributed by atoms with Crippen LogP contribution >= 0.6 is 0 Å². The molecule has 2 aromatic heterocycles. The molecule has 0 bridgehead atoms. The number of anilines is 2. The number of hydrogen-bond donors (Lipinski definition) is 4. The molecule has 4 aromatic rings. The molecule has 1 aliphatic heterocycles. The van der Waals surface area contributed by atoms with Gasteiger partial charge in [-0.3, -0.25) is 0 Å². The number of aromatic nitrogens is 2. The second-order valence-electron chi connectivity index (χ2n) is 8.39. The van der Waals surface area contributed by atoms with Crippen molar-refractivity contribution in [3.05, 3.63) is 59.9 Å². The third-order valence-corrected chi connectivity index (χ3v) is 6.48. The molecule has 0 unspecified atom stereocenters. The van der Waals surface area contributed by atoms with E-state index in [4.69, 9.17) is 11.5 Å². The van der Waals surface area contributed by atoms with E-state index in [1.54, 1.807) is 0 Å². The molecule has 0 saturated carbocycles. The molecule has 0 radical (unpaired) electrons. The van der Waals surface area contributed by atoms with Gasteiger partial charge in [-0.25, -0.2) is 0 Å². The number of aromatic amines is 2. The second-order valence-corrected chi connectivity index (χ2v) is 8.39. The van der Waals surface area contributed by atoms with Crippen molar-refractivity contribution in [3.63, 3.8) is 0 Å². The summed E-state index contributed by atoms with van der Waals surface area (Å²) in [6, 6.07) is 12.8. The number of nitrogens with two attached hydrogens (primary N) is 2. The number of nitrogens with one attached hydrogen (secondary N) is 2. The van der Waals surface area contributed by atoms with Gasteiger partial charge in [0.2, 0.25) is 0 Å². The Labute approximate surface area is 171 Å². The largest absolute Gasteiger partial charge is 0.399 e. The lowest BCUT2D eigenvalue weighted by molar-refractivity contribution is 0.211. The standard InChI is InChI=1S/C24H29N5/c25-18-4-6-23-19(13-18)21(14-27-23)17-7-10-29(11-8-17)9-1-2-16-3-5-24-20(12-16)22(26)15-28-24/h3-6,12-15,17,27-28H,1-2,7-11,25-26H2. The van der Waals surface area contributed by atoms with Crippen molar-refractivity contribution in [2.24, 2.45) is 0 Å². The maximum atomic E-state index is 6.04. The Morgan fingerprint density at radius 3 is 2.52 bits per heavy atom. The van der Waals surface area contributed by atoms with Crippen LogP contribution in [0.1, 0.15) is 36.3 Å². The SMILES string of the molecule is Nc1ccc2[nH]cc(C3CCN(CCCc4ccc5[nH]cc(N)c5c4)CC3)c2c1. The van der Waals surface area contributed by atoms with Gasteiger partial charge in [-0.15, -0.1) is 0 Å². The van der Waals surface area contributed by atoms with Crippen LogP contribution < -0.4 is 11.5 Å². The van der Waals surface area contributed by atoms with E-state index in [0.29, 0.717) is 5.92 Å². The van der Waals surface area contributed by atoms with Crippen LogP contribution in [0.5, 0.6) is 0 Å². The van der Waals surface area contributed by atoms with Crippen molar-refractivity contribution in [2.45, 2.75) is 31.6 Å². The predicted molar refractivity (Wildman–Crippen MR) is 122 cm³/mol. The van der Waals surface area contributed by atoms with Crippen LogP contribution in [0.2, 0.25) is 0 Å². The van der Waals surface area contributed by atoms with Gasteiger partial charge in [-0.2, -0.15) is 0 Å². The lowest BCUT2D eigenvalue weighted by atomic mass is 9.89. The van der Waals surface area contributed by atoms with Gasteiger partial charge in [0.25, 0.3) is 0 Å². The second kappa shape index (κ2) is 7.48. The first-order valence-corrected chi connectivity index (χ1v) is 10.6. The molecule has 1 aliphatic rings. The Bertz CT molecular complexity index is 1130. The van der Waals surface area contributed by atoms with Crippen molar-refractivity contribution in [1.29, 1.82) is 0 Å². The number of piperidine rings is 1. The van der Waals surface area contributed by atoms with Crippen molar-refractivity contribution < 1.29 is 0 Å². The molecule has 29 heavy (non-hydrogen) atoms. The molecule has 5 rings (SSSR count). The van der Waals surface area contributed by atoms with Crippen LogP contribution in [0.15, 0.2) is 48.8 Å². The van der Waals surface area contributed by atoms with Crippen molar-refractivity contribution >= 4 is 33.2 Å². The van der Waals surface area contributed by atoms with Gasteiger partial charge in [0.1, 0.15) is 0 Å². The summed E-state index contributed by atoms with van der Waals surface area (Å²) >= 11 is 0. The zero-order chi connectivity index (χ0) is 19.8. The third kappa shape index (κ3) is 3.58. The molecule has 1 fully saturated rings. The number of benzene rings is 2. The Hall–Kier alpha value is -2.92. The topological polar surface area (TPSA) is 86.9 Å². The van der Waals surface area contributed by atoms with E-state index in [0.717, 1.165) is 35.2 Å². The number of fused-ring (bicyclic) bond motifs is 2. The minimum Gasteiger partial charge on any atom is -0.399 e. The third-order valence-electron chi connectivity index (χ3n) is 6.48. The average Bonchev–Trinajstić information content (AvgIpc) is 3.32. The summed E-state index contributed by atoms with van der Waals surface area (Å²) in [5, 5.41) is 2.44. The lowest BCUT2D eigenvalue weighted by Gasteiger charge is -2.32. The summed E-state index contributed by atoms with van der Waals surface area (Å²) in [4.78, 5) is 9.23. The first kappa shape index (κ1) is 18.1. The first-order chi connectivity index (χ1) is 14.2. The highest BCUT2D eigenvalue weighted by atomic mass is 15.1. The summed E-state index contributed by atoms with van der Waals surface area (Å²) in [6.45, 7) is 3.50. The van der Waals surface area contributed by atoms with E-state index in [2.05, 4.69) is 51.4 Å². The smallest absolute Gasteiger partial charge is 0.0571 e. The number of nitrogens with zero attached hydrogens (tertiary/aromatic N) is 1. The van der Waals surface area contributed by atoms with Crippen LogP contribution in [0.3, 0.4) is 0 Å². The van der Waals surface area contributed by atoms with E-state index in [1.165, 1.54) is 54.4 Å². The number of nitrogen functional groups attached to an aromatic ring is 2. The van der Waals surface area contributed by atoms with E-state index in [1.807, 2.05) is 12.3 Å². The van der Waals surface area contributed by atoms with Crippen LogP contribution in [0.25, 0.3) is 21.8 Å². The molecule has 150 valence electrons. The summed E-state index contributed by atoms with van der Waals surface area (Å²) in [6.07, 6.45) is 8.78. The summed E-state index contributed by atoms with van der Waals surface area (Å²) in [5.41, 5.74) is 18.8. The molecule has 0 atom stereocenters. The Balaban J connectivity index is 1.15. The van der Waals surface area contributed by atoms with Crippen LogP contribution in [-0.4, -0.2) is 34.5 Å². The molecular weight excluding hydrogens is 358 g/mol. The van der Waals surface area contributed by atoms with Crippen molar-refractivity contribution in [1.82, 2.24) is 14.9 Å². The zero-order valence-electron chi connectivity index (χ0n) is 16.7. The normalized spacial score (nSPS) is 16.1. The minimum atomic E-state index is 0.626. The molecule has 0 aliphatic carbocycles. The van der Waals surface area contributed by atoms with Gasteiger partial charge in [0, 0.05) is 39.9 Å². The van der Waals surface area contributed by atoms with Gasteiger partial charge in [-0.05, 0) is 92.7 Å². The number of hydrogen-bond acceptors (Lipinski definition) is 3. The van der Waals surface area contributed by atoms with Gasteiger partial charge >= 0.3 is 0 Å². The fraction of sp³-hybridized carbons (Fsp3) is 0.333. The highest BCUT2D eigenvalue weighted by molar-refractivity contribution is 5.91. The summed E-state index contributed by atoms with van der Waals surface area (Å²) in [7, 11) is 0. The quantitative estimate of drug-likeness (QED) is 0.377. The average molecular weight is 388 g/mol. The van der Waals surface area contributed by atoms with E-state index in [-0.39, 0.29) is 0 Å². The molecular formula is C24H29N5. The summed E-state index contributed by atoms with van der Waals surface area (Å²) < 4.78 is 0. The van der Waals surface area contributed by atoms with Crippen LogP contribution in [-0.2, 0) is 6.42 Å².